The third-order valence-electron chi connectivity index (χ3n) is 2.93. The van der Waals surface area contributed by atoms with Gasteiger partial charge in [-0.25, -0.2) is 0 Å². The third kappa shape index (κ3) is 2.14. The minimum absolute atomic E-state index is 0.116. The van der Waals surface area contributed by atoms with Crippen molar-refractivity contribution in [2.24, 2.45) is 11.7 Å². The van der Waals surface area contributed by atoms with Crippen LogP contribution in [0.5, 0.6) is 0 Å². The fraction of sp³-hybridized carbons (Fsp3) is 0.500. The predicted octanol–water partition coefficient (Wildman–Crippen LogP) is 1.88. The molecule has 2 atom stereocenters. The van der Waals surface area contributed by atoms with E-state index in [4.69, 9.17) is 5.73 Å². The number of rotatable bonds is 4. The molecule has 1 aromatic rings. The van der Waals surface area contributed by atoms with E-state index in [1.807, 2.05) is 37.3 Å². The molecule has 0 saturated heterocycles. The molecule has 14 heavy (non-hydrogen) atoms. The van der Waals surface area contributed by atoms with Crippen LogP contribution in [0.3, 0.4) is 0 Å². The molecule has 1 aromatic carbocycles. The highest BCUT2D eigenvalue weighted by Crippen LogP contribution is 2.30. The Morgan fingerprint density at radius 2 is 1.93 bits per heavy atom. The average Bonchev–Trinajstić information content (AvgIpc) is 2.20. The van der Waals surface area contributed by atoms with Crippen LogP contribution in [0.15, 0.2) is 30.3 Å². The van der Waals surface area contributed by atoms with E-state index in [1.165, 1.54) is 0 Å². The summed E-state index contributed by atoms with van der Waals surface area (Å²) < 4.78 is 0. The van der Waals surface area contributed by atoms with Crippen molar-refractivity contribution in [1.82, 2.24) is 0 Å². The van der Waals surface area contributed by atoms with E-state index in [1.54, 1.807) is 0 Å². The van der Waals surface area contributed by atoms with Crippen molar-refractivity contribution in [3.63, 3.8) is 0 Å². The molecule has 2 heteroatoms. The van der Waals surface area contributed by atoms with Crippen molar-refractivity contribution in [2.75, 3.05) is 6.54 Å². The van der Waals surface area contributed by atoms with Gasteiger partial charge in [-0.1, -0.05) is 37.3 Å². The van der Waals surface area contributed by atoms with Gasteiger partial charge in [-0.2, -0.15) is 0 Å². The van der Waals surface area contributed by atoms with Gasteiger partial charge in [-0.05, 0) is 25.5 Å². The minimum Gasteiger partial charge on any atom is -0.385 e. The van der Waals surface area contributed by atoms with E-state index in [2.05, 4.69) is 6.92 Å². The van der Waals surface area contributed by atoms with Crippen molar-refractivity contribution in [1.29, 1.82) is 0 Å². The van der Waals surface area contributed by atoms with Gasteiger partial charge in [0, 0.05) is 5.92 Å². The standard InChI is InChI=1S/C12H19NO/c1-3-10(9-13)12(2,14)11-7-5-4-6-8-11/h4-8,10,14H,3,9,13H2,1-2H3. The summed E-state index contributed by atoms with van der Waals surface area (Å²) in [7, 11) is 0. The largest absolute Gasteiger partial charge is 0.385 e. The Morgan fingerprint density at radius 1 is 1.36 bits per heavy atom. The van der Waals surface area contributed by atoms with Crippen LogP contribution in [0.2, 0.25) is 0 Å². The lowest BCUT2D eigenvalue weighted by Gasteiger charge is -2.31. The zero-order chi connectivity index (χ0) is 10.6. The van der Waals surface area contributed by atoms with Crippen LogP contribution in [0.25, 0.3) is 0 Å². The molecule has 0 heterocycles. The SMILES string of the molecule is CCC(CN)C(C)(O)c1ccccc1. The molecule has 78 valence electrons. The number of nitrogens with two attached hydrogens (primary N) is 1. The predicted molar refractivity (Wildman–Crippen MR) is 58.8 cm³/mol. The fourth-order valence-corrected chi connectivity index (χ4v) is 1.80. The second kappa shape index (κ2) is 4.58. The molecule has 1 rings (SSSR count). The van der Waals surface area contributed by atoms with Gasteiger partial charge in [0.2, 0.25) is 0 Å². The Hall–Kier alpha value is -0.860. The van der Waals surface area contributed by atoms with Gasteiger partial charge in [-0.3, -0.25) is 0 Å². The first-order chi connectivity index (χ1) is 6.62. The van der Waals surface area contributed by atoms with Crippen molar-refractivity contribution in [3.05, 3.63) is 35.9 Å². The molecule has 0 bridgehead atoms. The van der Waals surface area contributed by atoms with Crippen LogP contribution >= 0.6 is 0 Å². The first-order valence-electron chi connectivity index (χ1n) is 5.10. The molecular weight excluding hydrogens is 174 g/mol. The molecule has 0 aliphatic carbocycles. The summed E-state index contributed by atoms with van der Waals surface area (Å²) in [5.74, 6) is 0.116. The molecular formula is C12H19NO. The van der Waals surface area contributed by atoms with Gasteiger partial charge >= 0.3 is 0 Å². The lowest BCUT2D eigenvalue weighted by molar-refractivity contribution is -0.00402. The highest BCUT2D eigenvalue weighted by Gasteiger charge is 2.30. The van der Waals surface area contributed by atoms with Crippen LogP contribution in [0.4, 0.5) is 0 Å². The summed E-state index contributed by atoms with van der Waals surface area (Å²) in [6.45, 7) is 4.40. The van der Waals surface area contributed by atoms with E-state index in [-0.39, 0.29) is 5.92 Å². The number of aliphatic hydroxyl groups is 1. The molecule has 3 N–H and O–H groups in total. The van der Waals surface area contributed by atoms with Crippen molar-refractivity contribution >= 4 is 0 Å². The summed E-state index contributed by atoms with van der Waals surface area (Å²) in [5.41, 5.74) is 5.77. The Balaban J connectivity index is 2.94. The number of benzene rings is 1. The zero-order valence-electron chi connectivity index (χ0n) is 8.90. The van der Waals surface area contributed by atoms with Gasteiger partial charge in [0.25, 0.3) is 0 Å². The highest BCUT2D eigenvalue weighted by molar-refractivity contribution is 5.22. The summed E-state index contributed by atoms with van der Waals surface area (Å²) in [6.07, 6.45) is 0.887. The second-order valence-corrected chi connectivity index (χ2v) is 3.85. The van der Waals surface area contributed by atoms with E-state index in [9.17, 15) is 5.11 Å². The lowest BCUT2D eigenvalue weighted by atomic mass is 9.81. The van der Waals surface area contributed by atoms with E-state index in [0.29, 0.717) is 6.54 Å². The van der Waals surface area contributed by atoms with E-state index < -0.39 is 5.60 Å². The summed E-state index contributed by atoms with van der Waals surface area (Å²) >= 11 is 0. The molecule has 0 spiro atoms. The maximum absolute atomic E-state index is 10.4. The zero-order valence-corrected chi connectivity index (χ0v) is 8.90. The average molecular weight is 193 g/mol. The minimum atomic E-state index is -0.815. The molecule has 0 aliphatic rings. The molecule has 0 aromatic heterocycles. The Labute approximate surface area is 85.8 Å². The second-order valence-electron chi connectivity index (χ2n) is 3.85. The van der Waals surface area contributed by atoms with Crippen molar-refractivity contribution in [2.45, 2.75) is 25.9 Å². The summed E-state index contributed by atoms with van der Waals surface area (Å²) in [5, 5.41) is 10.4. The van der Waals surface area contributed by atoms with Crippen LogP contribution in [-0.4, -0.2) is 11.7 Å². The number of hydrogen-bond acceptors (Lipinski definition) is 2. The maximum Gasteiger partial charge on any atom is 0.0908 e. The van der Waals surface area contributed by atoms with E-state index in [0.717, 1.165) is 12.0 Å². The van der Waals surface area contributed by atoms with Crippen LogP contribution in [-0.2, 0) is 5.60 Å². The monoisotopic (exact) mass is 193 g/mol. The van der Waals surface area contributed by atoms with Gasteiger partial charge < -0.3 is 10.8 Å². The fourth-order valence-electron chi connectivity index (χ4n) is 1.80. The van der Waals surface area contributed by atoms with Gasteiger partial charge in [0.05, 0.1) is 5.60 Å². The summed E-state index contributed by atoms with van der Waals surface area (Å²) in [4.78, 5) is 0. The Bertz CT molecular complexity index is 265. The topological polar surface area (TPSA) is 46.2 Å². The van der Waals surface area contributed by atoms with Crippen LogP contribution in [0.1, 0.15) is 25.8 Å². The first-order valence-corrected chi connectivity index (χ1v) is 5.10. The van der Waals surface area contributed by atoms with Gasteiger partial charge in [-0.15, -0.1) is 0 Å². The van der Waals surface area contributed by atoms with Crippen molar-refractivity contribution < 1.29 is 5.11 Å². The highest BCUT2D eigenvalue weighted by atomic mass is 16.3. The van der Waals surface area contributed by atoms with Gasteiger partial charge in [0.1, 0.15) is 0 Å². The summed E-state index contributed by atoms with van der Waals surface area (Å²) in [6, 6.07) is 9.71. The molecule has 0 radical (unpaired) electrons. The van der Waals surface area contributed by atoms with Gasteiger partial charge in [0.15, 0.2) is 0 Å². The Kier molecular flexibility index (Phi) is 3.67. The molecule has 2 unspecified atom stereocenters. The smallest absolute Gasteiger partial charge is 0.0908 e. The molecule has 0 fully saturated rings. The third-order valence-corrected chi connectivity index (χ3v) is 2.93. The molecule has 0 amide bonds. The molecule has 0 aliphatic heterocycles. The van der Waals surface area contributed by atoms with Crippen molar-refractivity contribution in [3.8, 4) is 0 Å². The quantitative estimate of drug-likeness (QED) is 0.767. The Morgan fingerprint density at radius 3 is 2.36 bits per heavy atom. The molecule has 2 nitrogen and oxygen atoms in total. The first kappa shape index (κ1) is 11.2. The normalized spacial score (nSPS) is 17.4. The molecule has 0 saturated carbocycles. The van der Waals surface area contributed by atoms with Crippen LogP contribution < -0.4 is 5.73 Å². The number of hydrogen-bond donors (Lipinski definition) is 2. The van der Waals surface area contributed by atoms with E-state index >= 15 is 0 Å². The van der Waals surface area contributed by atoms with Crippen LogP contribution in [0, 0.1) is 5.92 Å². The maximum atomic E-state index is 10.4. The lowest BCUT2D eigenvalue weighted by Crippen LogP contribution is -2.36.